The second-order valence-corrected chi connectivity index (χ2v) is 4.67. The molecule has 1 aromatic rings. The maximum atomic E-state index is 11.3. The van der Waals surface area contributed by atoms with Crippen molar-refractivity contribution in [2.45, 2.75) is 39.2 Å². The van der Waals surface area contributed by atoms with Crippen LogP contribution in [0.4, 0.5) is 0 Å². The lowest BCUT2D eigenvalue weighted by atomic mass is 10.1. The zero-order chi connectivity index (χ0) is 13.5. The smallest absolute Gasteiger partial charge is 0.236 e. The van der Waals surface area contributed by atoms with Crippen molar-refractivity contribution < 1.29 is 9.53 Å². The predicted molar refractivity (Wildman–Crippen MR) is 72.1 cm³/mol. The predicted octanol–water partition coefficient (Wildman–Crippen LogP) is 2.13. The number of hydrazine groups is 1. The van der Waals surface area contributed by atoms with E-state index in [0.717, 1.165) is 23.6 Å². The Labute approximate surface area is 109 Å². The maximum absolute atomic E-state index is 11.3. The molecule has 4 heteroatoms. The molecule has 0 heterocycles. The lowest BCUT2D eigenvalue weighted by molar-refractivity contribution is -0.130. The highest BCUT2D eigenvalue weighted by Gasteiger charge is 2.04. The molecule has 1 rings (SSSR count). The number of hydrogen-bond acceptors (Lipinski definition) is 3. The summed E-state index contributed by atoms with van der Waals surface area (Å²) in [5.41, 5.74) is 1.21. The topological polar surface area (TPSA) is 55.6 Å². The summed E-state index contributed by atoms with van der Waals surface area (Å²) in [5, 5.41) is 1.14. The second-order valence-electron chi connectivity index (χ2n) is 4.67. The highest BCUT2D eigenvalue weighted by atomic mass is 16.5. The molecule has 1 amide bonds. The quantitative estimate of drug-likeness (QED) is 0.478. The van der Waals surface area contributed by atoms with Crippen molar-refractivity contribution in [2.75, 3.05) is 7.05 Å². The van der Waals surface area contributed by atoms with Gasteiger partial charge in [0.25, 0.3) is 0 Å². The Bertz CT molecular complexity index is 372. The molecule has 0 aromatic heterocycles. The van der Waals surface area contributed by atoms with Gasteiger partial charge in [0, 0.05) is 13.5 Å². The molecule has 0 aliphatic rings. The van der Waals surface area contributed by atoms with Gasteiger partial charge in [-0.05, 0) is 44.4 Å². The fraction of sp³-hybridized carbons (Fsp3) is 0.500. The second kappa shape index (κ2) is 7.01. The van der Waals surface area contributed by atoms with Crippen molar-refractivity contribution >= 4 is 5.91 Å². The Morgan fingerprint density at radius 2 is 1.94 bits per heavy atom. The first-order valence-corrected chi connectivity index (χ1v) is 6.26. The van der Waals surface area contributed by atoms with Crippen LogP contribution in [0.1, 0.15) is 32.3 Å². The van der Waals surface area contributed by atoms with E-state index in [-0.39, 0.29) is 12.0 Å². The average molecular weight is 250 g/mol. The summed E-state index contributed by atoms with van der Waals surface area (Å²) in [5.74, 6) is 6.20. The molecular weight excluding hydrogens is 228 g/mol. The standard InChI is InChI=1S/C14H22N2O2/c1-11(2)18-13-9-7-12(8-10-13)5-4-6-14(17)16(3)15/h7-11H,4-6,15H2,1-3H3. The van der Waals surface area contributed by atoms with Gasteiger partial charge in [0.2, 0.25) is 5.91 Å². The molecule has 0 atom stereocenters. The van der Waals surface area contributed by atoms with E-state index in [9.17, 15) is 4.79 Å². The van der Waals surface area contributed by atoms with E-state index in [1.165, 1.54) is 5.56 Å². The third-order valence-electron chi connectivity index (χ3n) is 2.54. The summed E-state index contributed by atoms with van der Waals surface area (Å²) in [7, 11) is 1.57. The van der Waals surface area contributed by atoms with Gasteiger partial charge in [-0.2, -0.15) is 0 Å². The van der Waals surface area contributed by atoms with Crippen LogP contribution >= 0.6 is 0 Å². The third-order valence-corrected chi connectivity index (χ3v) is 2.54. The van der Waals surface area contributed by atoms with Gasteiger partial charge in [-0.1, -0.05) is 12.1 Å². The molecule has 100 valence electrons. The van der Waals surface area contributed by atoms with Crippen molar-refractivity contribution in [3.05, 3.63) is 29.8 Å². The van der Waals surface area contributed by atoms with Crippen LogP contribution in [0, 0.1) is 0 Å². The van der Waals surface area contributed by atoms with Crippen LogP contribution in [0.2, 0.25) is 0 Å². The van der Waals surface area contributed by atoms with Gasteiger partial charge in [-0.15, -0.1) is 0 Å². The molecule has 0 radical (unpaired) electrons. The molecule has 2 N–H and O–H groups in total. The Hall–Kier alpha value is -1.55. The Morgan fingerprint density at radius 1 is 1.33 bits per heavy atom. The van der Waals surface area contributed by atoms with Crippen molar-refractivity contribution in [1.29, 1.82) is 0 Å². The van der Waals surface area contributed by atoms with Gasteiger partial charge in [0.1, 0.15) is 5.75 Å². The molecule has 4 nitrogen and oxygen atoms in total. The number of amides is 1. The number of carbonyl (C=O) groups is 1. The summed E-state index contributed by atoms with van der Waals surface area (Å²) >= 11 is 0. The minimum Gasteiger partial charge on any atom is -0.491 e. The van der Waals surface area contributed by atoms with E-state index < -0.39 is 0 Å². The average Bonchev–Trinajstić information content (AvgIpc) is 2.30. The number of hydrogen-bond donors (Lipinski definition) is 1. The van der Waals surface area contributed by atoms with Gasteiger partial charge in [-0.3, -0.25) is 9.80 Å². The van der Waals surface area contributed by atoms with Gasteiger partial charge in [0.15, 0.2) is 0 Å². The van der Waals surface area contributed by atoms with Gasteiger partial charge in [-0.25, -0.2) is 5.84 Å². The fourth-order valence-electron chi connectivity index (χ4n) is 1.63. The van der Waals surface area contributed by atoms with Crippen LogP contribution in [0.15, 0.2) is 24.3 Å². The first kappa shape index (κ1) is 14.5. The van der Waals surface area contributed by atoms with E-state index in [1.54, 1.807) is 7.05 Å². The molecule has 0 spiro atoms. The molecule has 0 bridgehead atoms. The monoisotopic (exact) mass is 250 g/mol. The number of aryl methyl sites for hydroxylation is 1. The summed E-state index contributed by atoms with van der Waals surface area (Å²) in [6.07, 6.45) is 2.36. The molecule has 0 fully saturated rings. The number of rotatable bonds is 6. The van der Waals surface area contributed by atoms with E-state index in [2.05, 4.69) is 0 Å². The van der Waals surface area contributed by atoms with E-state index >= 15 is 0 Å². The minimum atomic E-state index is -0.0326. The Balaban J connectivity index is 2.37. The number of ether oxygens (including phenoxy) is 1. The summed E-state index contributed by atoms with van der Waals surface area (Å²) in [6, 6.07) is 8.00. The first-order valence-electron chi connectivity index (χ1n) is 6.26. The number of benzene rings is 1. The molecule has 0 saturated heterocycles. The zero-order valence-electron chi connectivity index (χ0n) is 11.3. The van der Waals surface area contributed by atoms with Crippen LogP contribution in [-0.2, 0) is 11.2 Å². The minimum absolute atomic E-state index is 0.0326. The molecule has 0 saturated carbocycles. The fourth-order valence-corrected chi connectivity index (χ4v) is 1.63. The summed E-state index contributed by atoms with van der Waals surface area (Å²) < 4.78 is 5.57. The number of carbonyl (C=O) groups excluding carboxylic acids is 1. The van der Waals surface area contributed by atoms with Gasteiger partial charge < -0.3 is 4.74 Å². The Morgan fingerprint density at radius 3 is 2.44 bits per heavy atom. The molecule has 0 aliphatic heterocycles. The van der Waals surface area contributed by atoms with Crippen LogP contribution in [0.3, 0.4) is 0 Å². The molecule has 0 aliphatic carbocycles. The third kappa shape index (κ3) is 5.19. The SMILES string of the molecule is CC(C)Oc1ccc(CCCC(=O)N(C)N)cc1. The first-order chi connectivity index (χ1) is 8.49. The maximum Gasteiger partial charge on any atom is 0.236 e. The van der Waals surface area contributed by atoms with Crippen LogP contribution in [-0.4, -0.2) is 24.1 Å². The number of nitrogens with zero attached hydrogens (tertiary/aromatic N) is 1. The largest absolute Gasteiger partial charge is 0.491 e. The van der Waals surface area contributed by atoms with Crippen LogP contribution in [0.5, 0.6) is 5.75 Å². The van der Waals surface area contributed by atoms with Crippen molar-refractivity contribution in [3.8, 4) is 5.75 Å². The molecule has 18 heavy (non-hydrogen) atoms. The van der Waals surface area contributed by atoms with Crippen molar-refractivity contribution in [3.63, 3.8) is 0 Å². The van der Waals surface area contributed by atoms with E-state index in [1.807, 2.05) is 38.1 Å². The van der Waals surface area contributed by atoms with Crippen molar-refractivity contribution in [2.24, 2.45) is 5.84 Å². The van der Waals surface area contributed by atoms with Crippen molar-refractivity contribution in [1.82, 2.24) is 5.01 Å². The summed E-state index contributed by atoms with van der Waals surface area (Å²) in [4.78, 5) is 11.3. The van der Waals surface area contributed by atoms with Gasteiger partial charge in [0.05, 0.1) is 6.10 Å². The highest BCUT2D eigenvalue weighted by molar-refractivity contribution is 5.75. The highest BCUT2D eigenvalue weighted by Crippen LogP contribution is 2.15. The van der Waals surface area contributed by atoms with E-state index in [0.29, 0.717) is 6.42 Å². The van der Waals surface area contributed by atoms with Crippen LogP contribution < -0.4 is 10.6 Å². The molecule has 1 aromatic carbocycles. The molecular formula is C14H22N2O2. The normalized spacial score (nSPS) is 10.5. The zero-order valence-corrected chi connectivity index (χ0v) is 11.3. The lowest BCUT2D eigenvalue weighted by Crippen LogP contribution is -2.32. The molecule has 0 unspecified atom stereocenters. The Kier molecular flexibility index (Phi) is 5.65. The summed E-state index contributed by atoms with van der Waals surface area (Å²) in [6.45, 7) is 4.01. The number of nitrogens with two attached hydrogens (primary N) is 1. The lowest BCUT2D eigenvalue weighted by Gasteiger charge is -2.11. The van der Waals surface area contributed by atoms with Gasteiger partial charge >= 0.3 is 0 Å². The van der Waals surface area contributed by atoms with Crippen LogP contribution in [0.25, 0.3) is 0 Å². The van der Waals surface area contributed by atoms with E-state index in [4.69, 9.17) is 10.6 Å².